The van der Waals surface area contributed by atoms with Gasteiger partial charge in [-0.15, -0.1) is 0 Å². The molecule has 5 rings (SSSR count). The van der Waals surface area contributed by atoms with E-state index in [0.717, 1.165) is 5.56 Å². The zero-order valence-corrected chi connectivity index (χ0v) is 25.4. The van der Waals surface area contributed by atoms with Crippen molar-refractivity contribution in [3.8, 4) is 11.4 Å². The van der Waals surface area contributed by atoms with Crippen LogP contribution in [-0.2, 0) is 42.6 Å². The minimum Gasteiger partial charge on any atom is -0.458 e. The SMILES string of the molecule is CC[C@@]1(O)C(=O)OCc2c1cc1n(c2=O)Cc2cc3cc(NC(=O)[C@H](C)NC(=O)[C@H](C)NC(=O)OC(C)(C)C)ccc3nc2-1. The number of esters is 1. The number of nitrogens with one attached hydrogen (secondary N) is 3. The van der Waals surface area contributed by atoms with Crippen molar-refractivity contribution in [3.63, 3.8) is 0 Å². The number of cyclic esters (lactones) is 1. The molecular weight excluding hydrogens is 570 g/mol. The largest absolute Gasteiger partial charge is 0.458 e. The summed E-state index contributed by atoms with van der Waals surface area (Å²) in [5.74, 6) is -1.81. The number of aromatic nitrogens is 2. The number of carbonyl (C=O) groups is 4. The Kier molecular flexibility index (Phi) is 7.70. The molecule has 0 radical (unpaired) electrons. The number of hydrogen-bond acceptors (Lipinski definition) is 9. The highest BCUT2D eigenvalue weighted by atomic mass is 16.6. The number of fused-ring (bicyclic) bond motifs is 5. The van der Waals surface area contributed by atoms with Crippen molar-refractivity contribution in [1.82, 2.24) is 20.2 Å². The van der Waals surface area contributed by atoms with E-state index in [1.807, 2.05) is 6.07 Å². The smallest absolute Gasteiger partial charge is 0.408 e. The van der Waals surface area contributed by atoms with Gasteiger partial charge in [0.05, 0.1) is 29.0 Å². The second-order valence-electron chi connectivity index (χ2n) is 12.1. The molecule has 13 nitrogen and oxygen atoms in total. The number of amides is 3. The quantitative estimate of drug-likeness (QED) is 0.240. The lowest BCUT2D eigenvalue weighted by Gasteiger charge is -2.31. The molecule has 2 aromatic heterocycles. The topological polar surface area (TPSA) is 178 Å². The zero-order valence-electron chi connectivity index (χ0n) is 25.4. The van der Waals surface area contributed by atoms with Gasteiger partial charge in [-0.05, 0) is 71.4 Å². The van der Waals surface area contributed by atoms with Crippen molar-refractivity contribution >= 4 is 40.5 Å². The third kappa shape index (κ3) is 5.62. The predicted molar refractivity (Wildman–Crippen MR) is 160 cm³/mol. The number of pyridine rings is 2. The van der Waals surface area contributed by atoms with Crippen LogP contribution in [0.15, 0.2) is 35.1 Å². The van der Waals surface area contributed by atoms with E-state index in [4.69, 9.17) is 14.5 Å². The standard InChI is InChI=1S/C31H35N5O8/c1-7-31(42)21-12-23-24-18(13-36(23)27(39)20(21)14-43-28(31)40)10-17-11-19(8-9-22(17)35-24)34-26(38)15(2)32-25(37)16(3)33-29(41)44-30(4,5)6/h8-12,15-16,42H,7,13-14H2,1-6H3,(H,32,37)(H,33,41)(H,34,38)/t15-,16-,31-/m0/s1. The molecule has 0 fully saturated rings. The summed E-state index contributed by atoms with van der Waals surface area (Å²) in [5, 5.41) is 19.5. The average molecular weight is 606 g/mol. The summed E-state index contributed by atoms with van der Waals surface area (Å²) >= 11 is 0. The molecule has 3 atom stereocenters. The minimum absolute atomic E-state index is 0.0541. The third-order valence-corrected chi connectivity index (χ3v) is 7.65. The molecule has 0 saturated heterocycles. The first-order valence-electron chi connectivity index (χ1n) is 14.3. The summed E-state index contributed by atoms with van der Waals surface area (Å²) in [6, 6.07) is 6.81. The van der Waals surface area contributed by atoms with E-state index in [-0.39, 0.29) is 36.3 Å². The summed E-state index contributed by atoms with van der Waals surface area (Å²) in [6.07, 6.45) is -0.689. The van der Waals surface area contributed by atoms with Gasteiger partial charge in [0.25, 0.3) is 5.56 Å². The maximum Gasteiger partial charge on any atom is 0.408 e. The van der Waals surface area contributed by atoms with Crippen LogP contribution in [0.2, 0.25) is 0 Å². The number of alkyl carbamates (subject to hydrolysis) is 1. The monoisotopic (exact) mass is 605 g/mol. The van der Waals surface area contributed by atoms with Crippen LogP contribution in [0, 0.1) is 0 Å². The Morgan fingerprint density at radius 1 is 1.09 bits per heavy atom. The molecule has 0 saturated carbocycles. The molecule has 0 spiro atoms. The van der Waals surface area contributed by atoms with Gasteiger partial charge in [-0.1, -0.05) is 6.92 Å². The van der Waals surface area contributed by atoms with Crippen LogP contribution in [0.25, 0.3) is 22.3 Å². The van der Waals surface area contributed by atoms with Crippen molar-refractivity contribution in [2.24, 2.45) is 0 Å². The van der Waals surface area contributed by atoms with Crippen LogP contribution < -0.4 is 21.5 Å². The summed E-state index contributed by atoms with van der Waals surface area (Å²) in [6.45, 7) is 9.82. The number of nitrogens with zero attached hydrogens (tertiary/aromatic N) is 2. The molecule has 0 aliphatic carbocycles. The summed E-state index contributed by atoms with van der Waals surface area (Å²) in [5.41, 5.74) is 0.431. The molecule has 0 unspecified atom stereocenters. The highest BCUT2D eigenvalue weighted by molar-refractivity contribution is 5.99. The molecule has 2 aliphatic heterocycles. The molecule has 1 aromatic carbocycles. The lowest BCUT2D eigenvalue weighted by Crippen LogP contribution is -2.51. The van der Waals surface area contributed by atoms with Crippen molar-refractivity contribution < 1.29 is 33.8 Å². The van der Waals surface area contributed by atoms with Gasteiger partial charge < -0.3 is 35.1 Å². The molecule has 13 heteroatoms. The third-order valence-electron chi connectivity index (χ3n) is 7.65. The first kappa shape index (κ1) is 30.7. The molecule has 2 aliphatic rings. The number of ether oxygens (including phenoxy) is 2. The van der Waals surface area contributed by atoms with Crippen LogP contribution in [0.3, 0.4) is 0 Å². The van der Waals surface area contributed by atoms with Crippen LogP contribution in [-0.4, -0.2) is 56.2 Å². The van der Waals surface area contributed by atoms with Crippen LogP contribution >= 0.6 is 0 Å². The lowest BCUT2D eigenvalue weighted by atomic mass is 9.86. The first-order chi connectivity index (χ1) is 20.6. The maximum atomic E-state index is 13.4. The number of benzene rings is 1. The second kappa shape index (κ2) is 11.1. The lowest BCUT2D eigenvalue weighted by molar-refractivity contribution is -0.172. The Morgan fingerprint density at radius 2 is 1.80 bits per heavy atom. The number of carbonyl (C=O) groups excluding carboxylic acids is 4. The highest BCUT2D eigenvalue weighted by Gasteiger charge is 2.45. The van der Waals surface area contributed by atoms with E-state index < -0.39 is 47.2 Å². The van der Waals surface area contributed by atoms with Gasteiger partial charge in [0.1, 0.15) is 24.3 Å². The molecule has 4 heterocycles. The van der Waals surface area contributed by atoms with Crippen molar-refractivity contribution in [2.75, 3.05) is 5.32 Å². The minimum atomic E-state index is -1.90. The normalized spacial score (nSPS) is 18.3. The highest BCUT2D eigenvalue weighted by Crippen LogP contribution is 2.38. The Morgan fingerprint density at radius 3 is 2.48 bits per heavy atom. The fourth-order valence-corrected chi connectivity index (χ4v) is 5.27. The molecule has 44 heavy (non-hydrogen) atoms. The average Bonchev–Trinajstić information content (AvgIpc) is 3.30. The maximum absolute atomic E-state index is 13.4. The Balaban J connectivity index is 1.32. The Bertz CT molecular complexity index is 1780. The van der Waals surface area contributed by atoms with Crippen molar-refractivity contribution in [1.29, 1.82) is 0 Å². The van der Waals surface area contributed by atoms with Gasteiger partial charge in [0.15, 0.2) is 5.60 Å². The fraction of sp³-hybridized carbons (Fsp3) is 0.419. The summed E-state index contributed by atoms with van der Waals surface area (Å²) < 4.78 is 11.8. The van der Waals surface area contributed by atoms with Gasteiger partial charge in [-0.25, -0.2) is 14.6 Å². The van der Waals surface area contributed by atoms with Crippen LogP contribution in [0.1, 0.15) is 64.7 Å². The zero-order chi connectivity index (χ0) is 32.1. The van der Waals surface area contributed by atoms with E-state index in [1.54, 1.807) is 56.5 Å². The van der Waals surface area contributed by atoms with Gasteiger partial charge >= 0.3 is 12.1 Å². The van der Waals surface area contributed by atoms with Crippen LogP contribution in [0.5, 0.6) is 0 Å². The second-order valence-corrected chi connectivity index (χ2v) is 12.1. The number of rotatable bonds is 6. The van der Waals surface area contributed by atoms with Gasteiger partial charge in [-0.2, -0.15) is 0 Å². The van der Waals surface area contributed by atoms with E-state index in [9.17, 15) is 29.1 Å². The van der Waals surface area contributed by atoms with Gasteiger partial charge in [0.2, 0.25) is 11.8 Å². The fourth-order valence-electron chi connectivity index (χ4n) is 5.27. The Labute approximate surface area is 252 Å². The first-order valence-corrected chi connectivity index (χ1v) is 14.3. The Hall–Kier alpha value is -4.78. The van der Waals surface area contributed by atoms with E-state index >= 15 is 0 Å². The molecule has 232 valence electrons. The molecule has 3 aromatic rings. The molecule has 0 bridgehead atoms. The van der Waals surface area contributed by atoms with Crippen molar-refractivity contribution in [2.45, 2.75) is 84.4 Å². The van der Waals surface area contributed by atoms with E-state index in [1.165, 1.54) is 13.8 Å². The van der Waals surface area contributed by atoms with E-state index in [0.29, 0.717) is 28.0 Å². The number of hydrogen-bond donors (Lipinski definition) is 4. The predicted octanol–water partition coefficient (Wildman–Crippen LogP) is 2.44. The van der Waals surface area contributed by atoms with Crippen molar-refractivity contribution in [3.05, 3.63) is 57.4 Å². The van der Waals surface area contributed by atoms with E-state index in [2.05, 4.69) is 16.0 Å². The van der Waals surface area contributed by atoms with Gasteiger partial charge in [-0.3, -0.25) is 14.4 Å². The molecule has 4 N–H and O–H groups in total. The summed E-state index contributed by atoms with van der Waals surface area (Å²) in [4.78, 5) is 67.9. The van der Waals surface area contributed by atoms with Crippen LogP contribution in [0.4, 0.5) is 10.5 Å². The van der Waals surface area contributed by atoms with Gasteiger partial charge in [0, 0.05) is 22.2 Å². The summed E-state index contributed by atoms with van der Waals surface area (Å²) in [7, 11) is 0. The number of anilines is 1. The molecular formula is C31H35N5O8. The number of aliphatic hydroxyl groups is 1. The molecule has 3 amide bonds.